The molecule has 0 aliphatic rings. The van der Waals surface area contributed by atoms with Crippen LogP contribution in [0.1, 0.15) is 20.8 Å². The van der Waals surface area contributed by atoms with E-state index in [1.807, 2.05) is 0 Å². The van der Waals surface area contributed by atoms with Crippen LogP contribution in [0, 0.1) is 0 Å². The number of fused-ring (bicyclic) bond motifs is 1. The summed E-state index contributed by atoms with van der Waals surface area (Å²) < 4.78 is 0. The van der Waals surface area contributed by atoms with Crippen molar-refractivity contribution in [2.75, 3.05) is 29.9 Å². The lowest BCUT2D eigenvalue weighted by molar-refractivity contribution is 0.849. The van der Waals surface area contributed by atoms with Crippen LogP contribution in [-0.2, 0) is 0 Å². The normalized spacial score (nSPS) is 10.8. The second-order valence-corrected chi connectivity index (χ2v) is 4.61. The highest BCUT2D eigenvalue weighted by Gasteiger charge is 2.12. The lowest BCUT2D eigenvalue weighted by Crippen LogP contribution is -2.23. The molecule has 0 fully saturated rings. The minimum atomic E-state index is 0.726. The van der Waals surface area contributed by atoms with Gasteiger partial charge in [-0.05, 0) is 32.2 Å². The van der Waals surface area contributed by atoms with E-state index < -0.39 is 0 Å². The molecule has 2 aromatic rings. The molecule has 0 aliphatic carbocycles. The third kappa shape index (κ3) is 2.34. The average Bonchev–Trinajstić information content (AvgIpc) is 2.79. The molecule has 0 saturated heterocycles. The van der Waals surface area contributed by atoms with Gasteiger partial charge in [0, 0.05) is 19.6 Å². The molecule has 0 saturated carbocycles. The van der Waals surface area contributed by atoms with Gasteiger partial charge < -0.3 is 10.2 Å². The number of aromatic nitrogens is 2. The Hall–Kier alpha value is -1.36. The molecular formula is C12H18N4S. The number of rotatable bonds is 5. The molecule has 0 bridgehead atoms. The minimum Gasteiger partial charge on any atom is -0.356 e. The lowest BCUT2D eigenvalue weighted by atomic mass is 10.3. The first kappa shape index (κ1) is 12.1. The second-order valence-electron chi connectivity index (χ2n) is 3.71. The quantitative estimate of drug-likeness (QED) is 0.885. The van der Waals surface area contributed by atoms with E-state index in [1.165, 1.54) is 0 Å². The van der Waals surface area contributed by atoms with Crippen molar-refractivity contribution in [3.63, 3.8) is 0 Å². The van der Waals surface area contributed by atoms with Crippen molar-refractivity contribution < 1.29 is 0 Å². The highest BCUT2D eigenvalue weighted by molar-refractivity contribution is 7.16. The third-order valence-corrected chi connectivity index (χ3v) is 3.51. The molecule has 0 spiro atoms. The summed E-state index contributed by atoms with van der Waals surface area (Å²) in [6.45, 7) is 9.12. The van der Waals surface area contributed by atoms with Crippen LogP contribution < -0.4 is 10.2 Å². The zero-order valence-corrected chi connectivity index (χ0v) is 11.3. The van der Waals surface area contributed by atoms with Crippen LogP contribution in [0.4, 0.5) is 11.8 Å². The molecule has 0 atom stereocenters. The molecule has 2 rings (SSSR count). The number of nitrogens with zero attached hydrogens (tertiary/aromatic N) is 3. The van der Waals surface area contributed by atoms with Gasteiger partial charge in [-0.25, -0.2) is 4.98 Å². The third-order valence-electron chi connectivity index (χ3n) is 2.70. The Bertz CT molecular complexity index is 490. The van der Waals surface area contributed by atoms with Crippen molar-refractivity contribution in [2.24, 2.45) is 0 Å². The smallest absolute Gasteiger partial charge is 0.226 e. The van der Waals surface area contributed by atoms with Crippen molar-refractivity contribution in [3.8, 4) is 0 Å². The molecule has 92 valence electrons. The van der Waals surface area contributed by atoms with Gasteiger partial charge in [0.25, 0.3) is 0 Å². The summed E-state index contributed by atoms with van der Waals surface area (Å²) in [5.74, 6) is 1.77. The molecule has 0 radical (unpaired) electrons. The van der Waals surface area contributed by atoms with E-state index in [9.17, 15) is 0 Å². The van der Waals surface area contributed by atoms with E-state index in [4.69, 9.17) is 0 Å². The molecule has 0 aromatic carbocycles. The van der Waals surface area contributed by atoms with Gasteiger partial charge in [-0.15, -0.1) is 11.3 Å². The van der Waals surface area contributed by atoms with Crippen molar-refractivity contribution >= 4 is 33.3 Å². The van der Waals surface area contributed by atoms with Crippen LogP contribution in [0.2, 0.25) is 0 Å². The van der Waals surface area contributed by atoms with Crippen LogP contribution in [0.15, 0.2) is 11.4 Å². The molecule has 1 N–H and O–H groups in total. The number of hydrogen-bond acceptors (Lipinski definition) is 5. The summed E-state index contributed by atoms with van der Waals surface area (Å²) in [5, 5.41) is 6.42. The molecule has 2 heterocycles. The van der Waals surface area contributed by atoms with Gasteiger partial charge in [0.1, 0.15) is 10.6 Å². The van der Waals surface area contributed by atoms with Gasteiger partial charge in [0.15, 0.2) is 0 Å². The molecule has 2 aromatic heterocycles. The maximum atomic E-state index is 4.62. The predicted molar refractivity (Wildman–Crippen MR) is 75.1 cm³/mol. The Balaban J connectivity index is 2.53. The molecule has 0 aliphatic heterocycles. The fourth-order valence-corrected chi connectivity index (χ4v) is 2.60. The number of hydrogen-bond donors (Lipinski definition) is 1. The first-order valence-electron chi connectivity index (χ1n) is 6.04. The van der Waals surface area contributed by atoms with E-state index in [-0.39, 0.29) is 0 Å². The van der Waals surface area contributed by atoms with E-state index in [0.717, 1.165) is 41.6 Å². The zero-order chi connectivity index (χ0) is 12.3. The van der Waals surface area contributed by atoms with Crippen LogP contribution in [0.5, 0.6) is 0 Å². The summed E-state index contributed by atoms with van der Waals surface area (Å²) in [7, 11) is 0. The Kier molecular flexibility index (Phi) is 3.78. The number of thiophene rings is 1. The molecular weight excluding hydrogens is 232 g/mol. The van der Waals surface area contributed by atoms with Gasteiger partial charge in [0.05, 0.1) is 5.39 Å². The van der Waals surface area contributed by atoms with Crippen LogP contribution in [0.25, 0.3) is 10.2 Å². The highest BCUT2D eigenvalue weighted by Crippen LogP contribution is 2.28. The maximum absolute atomic E-state index is 4.62. The first-order valence-corrected chi connectivity index (χ1v) is 6.92. The lowest BCUT2D eigenvalue weighted by Gasteiger charge is -2.21. The molecule has 17 heavy (non-hydrogen) atoms. The largest absolute Gasteiger partial charge is 0.356 e. The van der Waals surface area contributed by atoms with Gasteiger partial charge in [-0.3, -0.25) is 0 Å². The molecule has 4 nitrogen and oxygen atoms in total. The molecule has 0 unspecified atom stereocenters. The maximum Gasteiger partial charge on any atom is 0.226 e. The highest BCUT2D eigenvalue weighted by atomic mass is 32.1. The van der Waals surface area contributed by atoms with Gasteiger partial charge in [-0.1, -0.05) is 0 Å². The van der Waals surface area contributed by atoms with Crippen LogP contribution in [0.3, 0.4) is 0 Å². The Morgan fingerprint density at radius 2 is 2.00 bits per heavy atom. The van der Waals surface area contributed by atoms with Gasteiger partial charge in [-0.2, -0.15) is 4.98 Å². The summed E-state index contributed by atoms with van der Waals surface area (Å²) in [5.41, 5.74) is 0. The Morgan fingerprint density at radius 1 is 1.24 bits per heavy atom. The van der Waals surface area contributed by atoms with Crippen molar-refractivity contribution in [2.45, 2.75) is 20.8 Å². The fourth-order valence-electron chi connectivity index (χ4n) is 1.84. The van der Waals surface area contributed by atoms with Crippen LogP contribution >= 0.6 is 11.3 Å². The van der Waals surface area contributed by atoms with Crippen LogP contribution in [-0.4, -0.2) is 29.6 Å². The summed E-state index contributed by atoms with van der Waals surface area (Å²) >= 11 is 1.66. The van der Waals surface area contributed by atoms with Crippen molar-refractivity contribution in [1.82, 2.24) is 9.97 Å². The summed E-state index contributed by atoms with van der Waals surface area (Å²) in [6, 6.07) is 2.10. The Morgan fingerprint density at radius 3 is 2.65 bits per heavy atom. The SMILES string of the molecule is CCNc1nc(N(CC)CC)c2ccsc2n1. The monoisotopic (exact) mass is 250 g/mol. The summed E-state index contributed by atoms with van der Waals surface area (Å²) in [4.78, 5) is 12.4. The average molecular weight is 250 g/mol. The van der Waals surface area contributed by atoms with E-state index in [2.05, 4.69) is 52.4 Å². The van der Waals surface area contributed by atoms with E-state index >= 15 is 0 Å². The minimum absolute atomic E-state index is 0.726. The Labute approximate surface area is 106 Å². The topological polar surface area (TPSA) is 41.1 Å². The van der Waals surface area contributed by atoms with Crippen molar-refractivity contribution in [1.29, 1.82) is 0 Å². The van der Waals surface area contributed by atoms with Gasteiger partial charge >= 0.3 is 0 Å². The standard InChI is InChI=1S/C12H18N4S/c1-4-13-12-14-10(16(5-2)6-3)9-7-8-17-11(9)15-12/h7-8H,4-6H2,1-3H3,(H,13,14,15). The second kappa shape index (κ2) is 5.31. The first-order chi connectivity index (χ1) is 8.30. The van der Waals surface area contributed by atoms with E-state index in [1.54, 1.807) is 11.3 Å². The van der Waals surface area contributed by atoms with Gasteiger partial charge in [0.2, 0.25) is 5.95 Å². The predicted octanol–water partition coefficient (Wildman–Crippen LogP) is 2.97. The zero-order valence-electron chi connectivity index (χ0n) is 10.5. The molecule has 0 amide bonds. The van der Waals surface area contributed by atoms with E-state index in [0.29, 0.717) is 0 Å². The molecule has 5 heteroatoms. The van der Waals surface area contributed by atoms with Crippen molar-refractivity contribution in [3.05, 3.63) is 11.4 Å². The summed E-state index contributed by atoms with van der Waals surface area (Å²) in [6.07, 6.45) is 0. The number of nitrogens with one attached hydrogen (secondary N) is 1. The fraction of sp³-hybridized carbons (Fsp3) is 0.500. The number of anilines is 2.